The zero-order valence-electron chi connectivity index (χ0n) is 15.3. The highest BCUT2D eigenvalue weighted by Gasteiger charge is 2.33. The summed E-state index contributed by atoms with van der Waals surface area (Å²) in [6, 6.07) is 4.11. The van der Waals surface area contributed by atoms with Gasteiger partial charge in [-0.2, -0.15) is 23.0 Å². The molecule has 3 aromatic rings. The zero-order valence-corrected chi connectivity index (χ0v) is 15.3. The SMILES string of the molecule is CC(NC(=O)N1CCc2cc(C(F)(F)F)ccc21)c1ncnn1-c1ncccn1. The number of aromatic nitrogens is 5. The van der Waals surface area contributed by atoms with Gasteiger partial charge in [0, 0.05) is 24.6 Å². The topological polar surface area (TPSA) is 88.8 Å². The number of urea groups is 1. The lowest BCUT2D eigenvalue weighted by Crippen LogP contribution is -2.40. The molecular formula is C18H16F3N7O. The molecule has 1 aliphatic rings. The standard InChI is InChI=1S/C18H16F3N7O/c1-11(15-24-10-25-28(15)16-22-6-2-7-23-16)26-17(29)27-8-5-12-9-13(18(19,20)21)3-4-14(12)27/h2-4,6-7,9-11H,5,8H2,1H3,(H,26,29). The first-order valence-corrected chi connectivity index (χ1v) is 8.80. The van der Waals surface area contributed by atoms with Gasteiger partial charge in [0.1, 0.15) is 6.33 Å². The Hall–Kier alpha value is -3.50. The molecule has 0 radical (unpaired) electrons. The summed E-state index contributed by atoms with van der Waals surface area (Å²) in [4.78, 5) is 26.6. The second-order valence-corrected chi connectivity index (χ2v) is 6.49. The van der Waals surface area contributed by atoms with E-state index in [0.717, 1.165) is 12.1 Å². The normalized spacial score (nSPS) is 14.6. The molecule has 8 nitrogen and oxygen atoms in total. The molecule has 1 N–H and O–H groups in total. The largest absolute Gasteiger partial charge is 0.416 e. The van der Waals surface area contributed by atoms with Crippen LogP contribution in [0.1, 0.15) is 29.9 Å². The second kappa shape index (κ2) is 7.15. The van der Waals surface area contributed by atoms with E-state index in [2.05, 4.69) is 25.4 Å². The third kappa shape index (κ3) is 3.62. The quantitative estimate of drug-likeness (QED) is 0.727. The first-order chi connectivity index (χ1) is 13.8. The van der Waals surface area contributed by atoms with Crippen molar-refractivity contribution in [3.63, 3.8) is 0 Å². The van der Waals surface area contributed by atoms with Crippen LogP contribution in [-0.4, -0.2) is 37.3 Å². The van der Waals surface area contributed by atoms with Crippen LogP contribution < -0.4 is 10.2 Å². The molecule has 29 heavy (non-hydrogen) atoms. The second-order valence-electron chi connectivity index (χ2n) is 6.49. The molecule has 2 amide bonds. The third-order valence-corrected chi connectivity index (χ3v) is 4.59. The molecule has 1 unspecified atom stereocenters. The van der Waals surface area contributed by atoms with Gasteiger partial charge in [0.2, 0.25) is 0 Å². The van der Waals surface area contributed by atoms with E-state index in [4.69, 9.17) is 0 Å². The molecule has 0 saturated carbocycles. The number of hydrogen-bond donors (Lipinski definition) is 1. The maximum atomic E-state index is 12.9. The maximum Gasteiger partial charge on any atom is 0.416 e. The minimum Gasteiger partial charge on any atom is -0.328 e. The van der Waals surface area contributed by atoms with Crippen molar-refractivity contribution in [2.24, 2.45) is 0 Å². The maximum absolute atomic E-state index is 12.9. The molecule has 4 rings (SSSR count). The Balaban J connectivity index is 1.52. The van der Waals surface area contributed by atoms with Gasteiger partial charge >= 0.3 is 12.2 Å². The van der Waals surface area contributed by atoms with Crippen molar-refractivity contribution in [3.8, 4) is 5.95 Å². The van der Waals surface area contributed by atoms with Crippen LogP contribution >= 0.6 is 0 Å². The molecule has 11 heteroatoms. The van der Waals surface area contributed by atoms with Crippen molar-refractivity contribution in [1.29, 1.82) is 0 Å². The number of amides is 2. The van der Waals surface area contributed by atoms with Gasteiger partial charge in [-0.25, -0.2) is 19.7 Å². The van der Waals surface area contributed by atoms with Crippen LogP contribution in [0.25, 0.3) is 5.95 Å². The van der Waals surface area contributed by atoms with E-state index in [-0.39, 0.29) is 0 Å². The number of hydrogen-bond acceptors (Lipinski definition) is 5. The van der Waals surface area contributed by atoms with Crippen LogP contribution in [0.15, 0.2) is 43.0 Å². The summed E-state index contributed by atoms with van der Waals surface area (Å²) >= 11 is 0. The Morgan fingerprint density at radius 1 is 1.21 bits per heavy atom. The van der Waals surface area contributed by atoms with E-state index >= 15 is 0 Å². The van der Waals surface area contributed by atoms with E-state index in [0.29, 0.717) is 36.0 Å². The van der Waals surface area contributed by atoms with Crippen LogP contribution in [0.4, 0.5) is 23.7 Å². The highest BCUT2D eigenvalue weighted by atomic mass is 19.4. The molecule has 2 aromatic heterocycles. The van der Waals surface area contributed by atoms with Crippen molar-refractivity contribution in [2.75, 3.05) is 11.4 Å². The van der Waals surface area contributed by atoms with Crippen LogP contribution in [-0.2, 0) is 12.6 Å². The van der Waals surface area contributed by atoms with Gasteiger partial charge in [0.15, 0.2) is 5.82 Å². The number of halogens is 3. The highest BCUT2D eigenvalue weighted by molar-refractivity contribution is 5.94. The van der Waals surface area contributed by atoms with E-state index < -0.39 is 23.8 Å². The van der Waals surface area contributed by atoms with E-state index in [1.165, 1.54) is 22.0 Å². The summed E-state index contributed by atoms with van der Waals surface area (Å²) in [5.74, 6) is 0.740. The highest BCUT2D eigenvalue weighted by Crippen LogP contribution is 2.35. The lowest BCUT2D eigenvalue weighted by molar-refractivity contribution is -0.137. The number of benzene rings is 1. The summed E-state index contributed by atoms with van der Waals surface area (Å²) < 4.78 is 40.1. The molecule has 1 aliphatic heterocycles. The van der Waals surface area contributed by atoms with E-state index in [1.54, 1.807) is 25.4 Å². The minimum atomic E-state index is -4.41. The van der Waals surface area contributed by atoms with Crippen LogP contribution in [0.3, 0.4) is 0 Å². The first kappa shape index (κ1) is 18.8. The summed E-state index contributed by atoms with van der Waals surface area (Å²) in [7, 11) is 0. The third-order valence-electron chi connectivity index (χ3n) is 4.59. The van der Waals surface area contributed by atoms with Crippen LogP contribution in [0.2, 0.25) is 0 Å². The van der Waals surface area contributed by atoms with Crippen molar-refractivity contribution in [3.05, 3.63) is 59.9 Å². The molecule has 1 atom stereocenters. The zero-order chi connectivity index (χ0) is 20.6. The number of nitrogens with one attached hydrogen (secondary N) is 1. The minimum absolute atomic E-state index is 0.295. The van der Waals surface area contributed by atoms with Gasteiger partial charge < -0.3 is 5.32 Å². The van der Waals surface area contributed by atoms with E-state index in [9.17, 15) is 18.0 Å². The fourth-order valence-corrected chi connectivity index (χ4v) is 3.22. The molecule has 0 saturated heterocycles. The van der Waals surface area contributed by atoms with Crippen molar-refractivity contribution >= 4 is 11.7 Å². The Kier molecular flexibility index (Phi) is 4.65. The van der Waals surface area contributed by atoms with Gasteiger partial charge in [-0.05, 0) is 43.2 Å². The molecule has 0 spiro atoms. The number of fused-ring (bicyclic) bond motifs is 1. The van der Waals surface area contributed by atoms with Gasteiger partial charge in [0.25, 0.3) is 5.95 Å². The Morgan fingerprint density at radius 3 is 2.69 bits per heavy atom. The van der Waals surface area contributed by atoms with Crippen molar-refractivity contribution in [1.82, 2.24) is 30.0 Å². The van der Waals surface area contributed by atoms with Crippen LogP contribution in [0, 0.1) is 0 Å². The predicted octanol–water partition coefficient (Wildman–Crippen LogP) is 2.91. The lowest BCUT2D eigenvalue weighted by atomic mass is 10.1. The summed E-state index contributed by atoms with van der Waals surface area (Å²) in [5.41, 5.74) is 0.238. The van der Waals surface area contributed by atoms with Crippen molar-refractivity contribution < 1.29 is 18.0 Å². The number of anilines is 1. The average molecular weight is 403 g/mol. The predicted molar refractivity (Wildman–Crippen MR) is 96.4 cm³/mol. The molecule has 0 fully saturated rings. The average Bonchev–Trinajstić information content (AvgIpc) is 3.34. The van der Waals surface area contributed by atoms with Gasteiger partial charge in [-0.15, -0.1) is 0 Å². The fourth-order valence-electron chi connectivity index (χ4n) is 3.22. The number of alkyl halides is 3. The van der Waals surface area contributed by atoms with Gasteiger partial charge in [-0.3, -0.25) is 4.90 Å². The first-order valence-electron chi connectivity index (χ1n) is 8.80. The Labute approximate surface area is 163 Å². The smallest absolute Gasteiger partial charge is 0.328 e. The summed E-state index contributed by atoms with van der Waals surface area (Å²) in [6.45, 7) is 2.02. The van der Waals surface area contributed by atoms with Gasteiger partial charge in [-0.1, -0.05) is 0 Å². The number of carbonyl (C=O) groups is 1. The Morgan fingerprint density at radius 2 is 1.97 bits per heavy atom. The fraction of sp³-hybridized carbons (Fsp3) is 0.278. The van der Waals surface area contributed by atoms with Crippen molar-refractivity contribution in [2.45, 2.75) is 25.6 Å². The lowest BCUT2D eigenvalue weighted by Gasteiger charge is -2.21. The molecule has 0 aliphatic carbocycles. The number of nitrogens with zero attached hydrogens (tertiary/aromatic N) is 6. The van der Waals surface area contributed by atoms with E-state index in [1.807, 2.05) is 0 Å². The molecule has 150 valence electrons. The molecule has 3 heterocycles. The number of carbonyl (C=O) groups excluding carboxylic acids is 1. The van der Waals surface area contributed by atoms with Gasteiger partial charge in [0.05, 0.1) is 11.6 Å². The molecular weight excluding hydrogens is 387 g/mol. The summed E-state index contributed by atoms with van der Waals surface area (Å²) in [6.07, 6.45) is 0.400. The number of rotatable bonds is 3. The molecule has 0 bridgehead atoms. The van der Waals surface area contributed by atoms with Crippen LogP contribution in [0.5, 0.6) is 0 Å². The molecule has 1 aromatic carbocycles. The summed E-state index contributed by atoms with van der Waals surface area (Å²) in [5, 5.41) is 6.90. The monoisotopic (exact) mass is 403 g/mol. The Bertz CT molecular complexity index is 1040.